The normalized spacial score (nSPS) is 11.7. The molecule has 0 aliphatic carbocycles. The molecule has 0 radical (unpaired) electrons. The van der Waals surface area contributed by atoms with E-state index < -0.39 is 5.92 Å². The summed E-state index contributed by atoms with van der Waals surface area (Å²) in [5.74, 6) is 0.0981. The molecule has 4 rings (SSSR count). The van der Waals surface area contributed by atoms with Crippen LogP contribution in [0.4, 0.5) is 0 Å². The molecule has 0 aliphatic rings. The molecule has 6 heteroatoms. The third kappa shape index (κ3) is 3.87. The Bertz CT molecular complexity index is 1240. The number of benzene rings is 3. The molecule has 0 fully saturated rings. The van der Waals surface area contributed by atoms with E-state index in [0.717, 1.165) is 27.6 Å². The average Bonchev–Trinajstić information content (AvgIpc) is 3.20. The summed E-state index contributed by atoms with van der Waals surface area (Å²) in [6.45, 7) is -0.0448. The second kappa shape index (κ2) is 8.50. The van der Waals surface area contributed by atoms with Crippen LogP contribution in [0.1, 0.15) is 28.2 Å². The highest BCUT2D eigenvalue weighted by Gasteiger charge is 2.26. The maximum atomic E-state index is 11.5. The summed E-state index contributed by atoms with van der Waals surface area (Å²) in [6.07, 6.45) is 1.83. The van der Waals surface area contributed by atoms with Crippen molar-refractivity contribution < 1.29 is 9.66 Å². The predicted octanol–water partition coefficient (Wildman–Crippen LogP) is 5.03. The van der Waals surface area contributed by atoms with E-state index >= 15 is 0 Å². The topological polar surface area (TPSA) is 91.9 Å². The first-order valence-corrected chi connectivity index (χ1v) is 9.55. The minimum Gasteiger partial charge on any atom is -0.489 e. The zero-order chi connectivity index (χ0) is 20.9. The number of nitrogens with one attached hydrogen (secondary N) is 1. The number of nitro groups is 1. The molecule has 0 amide bonds. The smallest absolute Gasteiger partial charge is 0.214 e. The average molecular weight is 397 g/mol. The number of aromatic nitrogens is 1. The molecule has 0 unspecified atom stereocenters. The van der Waals surface area contributed by atoms with Gasteiger partial charge in [-0.05, 0) is 23.8 Å². The van der Waals surface area contributed by atoms with Crippen molar-refractivity contribution in [2.24, 2.45) is 0 Å². The van der Waals surface area contributed by atoms with Crippen LogP contribution in [0.25, 0.3) is 10.9 Å². The molecule has 148 valence electrons. The maximum Gasteiger partial charge on any atom is 0.214 e. The largest absolute Gasteiger partial charge is 0.489 e. The lowest BCUT2D eigenvalue weighted by Crippen LogP contribution is -2.15. The number of para-hydroxylation sites is 2. The van der Waals surface area contributed by atoms with E-state index in [-0.39, 0.29) is 18.1 Å². The Kier molecular flexibility index (Phi) is 5.44. The van der Waals surface area contributed by atoms with E-state index in [1.165, 1.54) is 0 Å². The summed E-state index contributed by atoms with van der Waals surface area (Å²) in [4.78, 5) is 14.4. The first-order valence-electron chi connectivity index (χ1n) is 9.55. The Morgan fingerprint density at radius 1 is 1.00 bits per heavy atom. The highest BCUT2D eigenvalue weighted by atomic mass is 16.6. The van der Waals surface area contributed by atoms with E-state index in [9.17, 15) is 15.4 Å². The van der Waals surface area contributed by atoms with Gasteiger partial charge in [-0.1, -0.05) is 54.6 Å². The molecule has 1 heterocycles. The zero-order valence-electron chi connectivity index (χ0n) is 16.1. The van der Waals surface area contributed by atoms with Crippen molar-refractivity contribution in [3.8, 4) is 11.8 Å². The Balaban J connectivity index is 1.72. The molecule has 4 aromatic rings. The summed E-state index contributed by atoms with van der Waals surface area (Å²) in [6, 6.07) is 24.5. The standard InChI is InChI=1S/C24H19N3O3/c25-13-17-7-1-2-8-18(17)16-30-24-12-6-4-10-20(24)22(15-27(28)29)21-14-26-23-11-5-3-9-19(21)23/h1-12,14,22,26H,15-16H2/t22-/m1/s1. The molecule has 1 aromatic heterocycles. The molecule has 0 saturated carbocycles. The Labute approximate surface area is 173 Å². The highest BCUT2D eigenvalue weighted by molar-refractivity contribution is 5.84. The monoisotopic (exact) mass is 397 g/mol. The van der Waals surface area contributed by atoms with Gasteiger partial charge in [-0.3, -0.25) is 10.1 Å². The van der Waals surface area contributed by atoms with Gasteiger partial charge in [0.2, 0.25) is 6.54 Å². The molecule has 0 aliphatic heterocycles. The molecule has 0 bridgehead atoms. The van der Waals surface area contributed by atoms with Gasteiger partial charge in [0, 0.05) is 33.1 Å². The molecule has 6 nitrogen and oxygen atoms in total. The summed E-state index contributed by atoms with van der Waals surface area (Å²) < 4.78 is 6.05. The number of ether oxygens (including phenoxy) is 1. The molecule has 3 aromatic carbocycles. The number of hydrogen-bond donors (Lipinski definition) is 1. The van der Waals surface area contributed by atoms with Crippen LogP contribution in [0.2, 0.25) is 0 Å². The lowest BCUT2D eigenvalue weighted by Gasteiger charge is -2.18. The van der Waals surface area contributed by atoms with E-state index in [1.807, 2.05) is 66.9 Å². The van der Waals surface area contributed by atoms with Crippen LogP contribution in [0.5, 0.6) is 5.75 Å². The Hall–Kier alpha value is -4.11. The van der Waals surface area contributed by atoms with Crippen molar-refractivity contribution in [3.05, 3.63) is 111 Å². The summed E-state index contributed by atoms with van der Waals surface area (Å²) in [5, 5.41) is 21.8. The number of fused-ring (bicyclic) bond motifs is 1. The molecule has 1 N–H and O–H groups in total. The molecule has 0 saturated heterocycles. The van der Waals surface area contributed by atoms with Gasteiger partial charge in [-0.2, -0.15) is 5.26 Å². The Morgan fingerprint density at radius 2 is 1.73 bits per heavy atom. The number of nitrogens with zero attached hydrogens (tertiary/aromatic N) is 2. The molecule has 1 atom stereocenters. The van der Waals surface area contributed by atoms with E-state index in [2.05, 4.69) is 11.1 Å². The van der Waals surface area contributed by atoms with Gasteiger partial charge in [0.15, 0.2) is 0 Å². The lowest BCUT2D eigenvalue weighted by molar-refractivity contribution is -0.481. The summed E-state index contributed by atoms with van der Waals surface area (Å²) in [5.41, 5.74) is 3.85. The van der Waals surface area contributed by atoms with Gasteiger partial charge in [0.25, 0.3) is 0 Å². The van der Waals surface area contributed by atoms with Crippen LogP contribution >= 0.6 is 0 Å². The first kappa shape index (κ1) is 19.2. The SMILES string of the molecule is N#Cc1ccccc1COc1ccccc1[C@@H](C[N+](=O)[O-])c1c[nH]c2ccccc12. The second-order valence-corrected chi connectivity index (χ2v) is 6.95. The first-order chi connectivity index (χ1) is 14.7. The highest BCUT2D eigenvalue weighted by Crippen LogP contribution is 2.36. The van der Waals surface area contributed by atoms with Crippen LogP contribution in [0.15, 0.2) is 79.0 Å². The number of aromatic amines is 1. The van der Waals surface area contributed by atoms with Crippen LogP contribution in [0.3, 0.4) is 0 Å². The fraction of sp³-hybridized carbons (Fsp3) is 0.125. The number of nitriles is 1. The molecule has 0 spiro atoms. The van der Waals surface area contributed by atoms with Crippen LogP contribution in [-0.4, -0.2) is 16.5 Å². The van der Waals surface area contributed by atoms with Gasteiger partial charge in [-0.15, -0.1) is 0 Å². The second-order valence-electron chi connectivity index (χ2n) is 6.95. The summed E-state index contributed by atoms with van der Waals surface area (Å²) in [7, 11) is 0. The Morgan fingerprint density at radius 3 is 2.57 bits per heavy atom. The van der Waals surface area contributed by atoms with Crippen LogP contribution in [-0.2, 0) is 6.61 Å². The third-order valence-corrected chi connectivity index (χ3v) is 5.14. The summed E-state index contributed by atoms with van der Waals surface area (Å²) >= 11 is 0. The minimum atomic E-state index is -0.474. The van der Waals surface area contributed by atoms with Crippen molar-refractivity contribution >= 4 is 10.9 Å². The molecule has 30 heavy (non-hydrogen) atoms. The molecular weight excluding hydrogens is 378 g/mol. The van der Waals surface area contributed by atoms with E-state index in [0.29, 0.717) is 11.3 Å². The van der Waals surface area contributed by atoms with Gasteiger partial charge in [0.05, 0.1) is 17.6 Å². The fourth-order valence-electron chi connectivity index (χ4n) is 3.71. The maximum absolute atomic E-state index is 11.5. The van der Waals surface area contributed by atoms with Gasteiger partial charge in [0.1, 0.15) is 12.4 Å². The van der Waals surface area contributed by atoms with Gasteiger partial charge in [-0.25, -0.2) is 0 Å². The van der Waals surface area contributed by atoms with Crippen molar-refractivity contribution in [1.29, 1.82) is 5.26 Å². The van der Waals surface area contributed by atoms with E-state index in [4.69, 9.17) is 4.74 Å². The third-order valence-electron chi connectivity index (χ3n) is 5.14. The number of hydrogen-bond acceptors (Lipinski definition) is 4. The van der Waals surface area contributed by atoms with Crippen molar-refractivity contribution in [1.82, 2.24) is 4.98 Å². The molecular formula is C24H19N3O3. The van der Waals surface area contributed by atoms with Crippen molar-refractivity contribution in [2.45, 2.75) is 12.5 Å². The minimum absolute atomic E-state index is 0.208. The van der Waals surface area contributed by atoms with Crippen molar-refractivity contribution in [2.75, 3.05) is 6.54 Å². The fourth-order valence-corrected chi connectivity index (χ4v) is 3.71. The number of rotatable bonds is 7. The predicted molar refractivity (Wildman–Crippen MR) is 114 cm³/mol. The number of H-pyrrole nitrogens is 1. The van der Waals surface area contributed by atoms with Crippen LogP contribution < -0.4 is 4.74 Å². The zero-order valence-corrected chi connectivity index (χ0v) is 16.1. The van der Waals surface area contributed by atoms with Gasteiger partial charge < -0.3 is 9.72 Å². The van der Waals surface area contributed by atoms with Crippen molar-refractivity contribution in [3.63, 3.8) is 0 Å². The quantitative estimate of drug-likeness (QED) is 0.350. The van der Waals surface area contributed by atoms with Crippen LogP contribution in [0, 0.1) is 21.4 Å². The van der Waals surface area contributed by atoms with E-state index in [1.54, 1.807) is 12.1 Å². The lowest BCUT2D eigenvalue weighted by atomic mass is 9.90. The van der Waals surface area contributed by atoms with Gasteiger partial charge >= 0.3 is 0 Å².